The van der Waals surface area contributed by atoms with Crippen LogP contribution in [0.2, 0.25) is 0 Å². The second kappa shape index (κ2) is 4.01. The minimum absolute atomic E-state index is 0.210. The van der Waals surface area contributed by atoms with Gasteiger partial charge in [0, 0.05) is 5.70 Å². The first-order valence-corrected chi connectivity index (χ1v) is 3.82. The fourth-order valence-corrected chi connectivity index (χ4v) is 1.09. The molecule has 62 valence electrons. The van der Waals surface area contributed by atoms with Crippen molar-refractivity contribution in [2.75, 3.05) is 13.7 Å². The Morgan fingerprint density at radius 1 is 1.82 bits per heavy atom. The third-order valence-corrected chi connectivity index (χ3v) is 1.73. The van der Waals surface area contributed by atoms with Crippen LogP contribution >= 0.6 is 0 Å². The number of hydrogen-bond acceptors (Lipinski definition) is 3. The number of methoxy groups -OCH3 is 1. The lowest BCUT2D eigenvalue weighted by Crippen LogP contribution is -2.22. The highest BCUT2D eigenvalue weighted by molar-refractivity contribution is 5.71. The molecule has 0 aromatic rings. The summed E-state index contributed by atoms with van der Waals surface area (Å²) in [5.41, 5.74) is 1.18. The van der Waals surface area contributed by atoms with Gasteiger partial charge < -0.3 is 10.1 Å². The monoisotopic (exact) mass is 155 g/mol. The van der Waals surface area contributed by atoms with Crippen molar-refractivity contribution in [2.24, 2.45) is 0 Å². The van der Waals surface area contributed by atoms with Crippen molar-refractivity contribution in [1.82, 2.24) is 5.32 Å². The maximum Gasteiger partial charge on any atom is 0.325 e. The molecule has 1 aliphatic rings. The molecule has 0 bridgehead atoms. The summed E-state index contributed by atoms with van der Waals surface area (Å²) in [6.07, 6.45) is 5.52. The minimum Gasteiger partial charge on any atom is -0.468 e. The molecular formula is C8H13NO2. The zero-order valence-corrected chi connectivity index (χ0v) is 6.72. The second-order valence-corrected chi connectivity index (χ2v) is 2.55. The van der Waals surface area contributed by atoms with E-state index in [1.807, 2.05) is 0 Å². The molecule has 3 nitrogen and oxygen atoms in total. The molecule has 0 saturated heterocycles. The summed E-state index contributed by atoms with van der Waals surface area (Å²) in [5.74, 6) is -0.210. The van der Waals surface area contributed by atoms with Gasteiger partial charge in [-0.2, -0.15) is 0 Å². The summed E-state index contributed by atoms with van der Waals surface area (Å²) < 4.78 is 4.48. The molecule has 11 heavy (non-hydrogen) atoms. The van der Waals surface area contributed by atoms with Gasteiger partial charge in [-0.1, -0.05) is 6.08 Å². The number of allylic oxidation sites excluding steroid dienone is 2. The van der Waals surface area contributed by atoms with Crippen LogP contribution in [0, 0.1) is 0 Å². The molecule has 0 unspecified atom stereocenters. The van der Waals surface area contributed by atoms with E-state index in [2.05, 4.69) is 16.1 Å². The predicted molar refractivity (Wildman–Crippen MR) is 42.0 cm³/mol. The molecule has 0 radical (unpaired) electrons. The van der Waals surface area contributed by atoms with E-state index in [1.54, 1.807) is 0 Å². The third kappa shape index (κ3) is 2.62. The Hall–Kier alpha value is -0.990. The van der Waals surface area contributed by atoms with Crippen LogP contribution in [-0.2, 0) is 9.53 Å². The molecule has 0 spiro atoms. The van der Waals surface area contributed by atoms with Gasteiger partial charge in [-0.05, 0) is 19.3 Å². The summed E-state index contributed by atoms with van der Waals surface area (Å²) in [7, 11) is 1.40. The van der Waals surface area contributed by atoms with E-state index in [0.29, 0.717) is 6.54 Å². The van der Waals surface area contributed by atoms with E-state index in [0.717, 1.165) is 12.8 Å². The van der Waals surface area contributed by atoms with Crippen LogP contribution in [-0.4, -0.2) is 19.6 Å². The number of hydrogen-bond donors (Lipinski definition) is 1. The SMILES string of the molecule is COC(=O)CNC1=CCCC1. The quantitative estimate of drug-likeness (QED) is 0.613. The maximum atomic E-state index is 10.7. The summed E-state index contributed by atoms with van der Waals surface area (Å²) in [5, 5.41) is 3.02. The Morgan fingerprint density at radius 3 is 3.18 bits per heavy atom. The van der Waals surface area contributed by atoms with E-state index in [-0.39, 0.29) is 5.97 Å². The lowest BCUT2D eigenvalue weighted by molar-refractivity contribution is -0.139. The Bertz CT molecular complexity index is 175. The molecule has 3 heteroatoms. The van der Waals surface area contributed by atoms with Crippen LogP contribution in [0.5, 0.6) is 0 Å². The highest BCUT2D eigenvalue weighted by Gasteiger charge is 2.05. The van der Waals surface area contributed by atoms with Gasteiger partial charge in [0.05, 0.1) is 7.11 Å². The van der Waals surface area contributed by atoms with E-state index >= 15 is 0 Å². The van der Waals surface area contributed by atoms with Crippen molar-refractivity contribution in [2.45, 2.75) is 19.3 Å². The lowest BCUT2D eigenvalue weighted by atomic mass is 10.3. The number of ether oxygens (including phenoxy) is 1. The second-order valence-electron chi connectivity index (χ2n) is 2.55. The van der Waals surface area contributed by atoms with Crippen molar-refractivity contribution in [3.8, 4) is 0 Å². The standard InChI is InChI=1S/C8H13NO2/c1-11-8(10)6-9-7-4-2-3-5-7/h4,9H,2-3,5-6H2,1H3. The number of rotatable bonds is 3. The first-order chi connectivity index (χ1) is 5.33. The molecular weight excluding hydrogens is 142 g/mol. The van der Waals surface area contributed by atoms with Gasteiger partial charge in [0.25, 0.3) is 0 Å². The van der Waals surface area contributed by atoms with Crippen LogP contribution in [0.25, 0.3) is 0 Å². The number of esters is 1. The smallest absolute Gasteiger partial charge is 0.325 e. The zero-order chi connectivity index (χ0) is 8.10. The van der Waals surface area contributed by atoms with Crippen molar-refractivity contribution >= 4 is 5.97 Å². The molecule has 1 rings (SSSR count). The minimum atomic E-state index is -0.210. The van der Waals surface area contributed by atoms with Gasteiger partial charge in [-0.15, -0.1) is 0 Å². The van der Waals surface area contributed by atoms with Crippen LogP contribution in [0.3, 0.4) is 0 Å². The normalized spacial score (nSPS) is 15.9. The first-order valence-electron chi connectivity index (χ1n) is 3.82. The largest absolute Gasteiger partial charge is 0.468 e. The van der Waals surface area contributed by atoms with Gasteiger partial charge in [-0.25, -0.2) is 0 Å². The molecule has 0 aromatic carbocycles. The molecule has 1 aliphatic carbocycles. The molecule has 1 N–H and O–H groups in total. The Balaban J connectivity index is 2.16. The highest BCUT2D eigenvalue weighted by Crippen LogP contribution is 2.13. The maximum absolute atomic E-state index is 10.7. The molecule has 0 saturated carbocycles. The lowest BCUT2D eigenvalue weighted by Gasteiger charge is -2.04. The van der Waals surface area contributed by atoms with Gasteiger partial charge in [0.2, 0.25) is 0 Å². The number of nitrogens with one attached hydrogen (secondary N) is 1. The Morgan fingerprint density at radius 2 is 2.64 bits per heavy atom. The van der Waals surface area contributed by atoms with E-state index in [4.69, 9.17) is 0 Å². The van der Waals surface area contributed by atoms with Gasteiger partial charge in [-0.3, -0.25) is 4.79 Å². The molecule has 0 atom stereocenters. The topological polar surface area (TPSA) is 38.3 Å². The van der Waals surface area contributed by atoms with Crippen molar-refractivity contribution in [1.29, 1.82) is 0 Å². The van der Waals surface area contributed by atoms with Gasteiger partial charge in [0.1, 0.15) is 6.54 Å². The van der Waals surface area contributed by atoms with Crippen molar-refractivity contribution in [3.05, 3.63) is 11.8 Å². The molecule has 0 heterocycles. The van der Waals surface area contributed by atoms with E-state index < -0.39 is 0 Å². The molecule has 0 aliphatic heterocycles. The Labute approximate surface area is 66.4 Å². The van der Waals surface area contributed by atoms with Gasteiger partial charge >= 0.3 is 5.97 Å². The van der Waals surface area contributed by atoms with Crippen molar-refractivity contribution < 1.29 is 9.53 Å². The van der Waals surface area contributed by atoms with E-state index in [9.17, 15) is 4.79 Å². The first kappa shape index (κ1) is 8.11. The average Bonchev–Trinajstić information content (AvgIpc) is 2.52. The van der Waals surface area contributed by atoms with Crippen LogP contribution in [0.1, 0.15) is 19.3 Å². The van der Waals surface area contributed by atoms with Crippen LogP contribution in [0.15, 0.2) is 11.8 Å². The third-order valence-electron chi connectivity index (χ3n) is 1.73. The number of carbonyl (C=O) groups is 1. The average molecular weight is 155 g/mol. The summed E-state index contributed by atoms with van der Waals surface area (Å²) in [6.45, 7) is 0.294. The van der Waals surface area contributed by atoms with Crippen LogP contribution < -0.4 is 5.32 Å². The Kier molecular flexibility index (Phi) is 2.95. The van der Waals surface area contributed by atoms with Crippen molar-refractivity contribution in [3.63, 3.8) is 0 Å². The molecule has 0 aromatic heterocycles. The molecule has 0 fully saturated rings. The predicted octanol–water partition coefficient (Wildman–Crippen LogP) is 0.817. The summed E-state index contributed by atoms with van der Waals surface area (Å²) >= 11 is 0. The van der Waals surface area contributed by atoms with Crippen LogP contribution in [0.4, 0.5) is 0 Å². The molecule has 0 amide bonds. The van der Waals surface area contributed by atoms with Gasteiger partial charge in [0.15, 0.2) is 0 Å². The summed E-state index contributed by atoms with van der Waals surface area (Å²) in [6, 6.07) is 0. The fraction of sp³-hybridized carbons (Fsp3) is 0.625. The fourth-order valence-electron chi connectivity index (χ4n) is 1.09. The zero-order valence-electron chi connectivity index (χ0n) is 6.72. The van der Waals surface area contributed by atoms with E-state index in [1.165, 1.54) is 19.2 Å². The summed E-state index contributed by atoms with van der Waals surface area (Å²) in [4.78, 5) is 10.7. The number of carbonyl (C=O) groups excluding carboxylic acids is 1. The highest BCUT2D eigenvalue weighted by atomic mass is 16.5.